The number of aliphatic imine (C=N–C) groups is 1. The van der Waals surface area contributed by atoms with Crippen LogP contribution in [0, 0.1) is 0 Å². The SMILES string of the molecule is CN=C(NCCCOC1CCCc2ccccc21)NC(C)COC.I. The van der Waals surface area contributed by atoms with Crippen LogP contribution >= 0.6 is 24.0 Å². The first-order chi connectivity index (χ1) is 11.7. The van der Waals surface area contributed by atoms with Gasteiger partial charge in [-0.3, -0.25) is 4.99 Å². The predicted octanol–water partition coefficient (Wildman–Crippen LogP) is 3.29. The summed E-state index contributed by atoms with van der Waals surface area (Å²) < 4.78 is 11.2. The van der Waals surface area contributed by atoms with Gasteiger partial charge in [0.15, 0.2) is 5.96 Å². The molecule has 0 heterocycles. The van der Waals surface area contributed by atoms with Crippen molar-refractivity contribution in [2.75, 3.05) is 33.9 Å². The first kappa shape index (κ1) is 22.2. The van der Waals surface area contributed by atoms with E-state index in [1.165, 1.54) is 24.0 Å². The molecule has 1 aromatic rings. The number of nitrogens with zero attached hydrogens (tertiary/aromatic N) is 1. The number of ether oxygens (including phenoxy) is 2. The maximum Gasteiger partial charge on any atom is 0.191 e. The lowest BCUT2D eigenvalue weighted by atomic mass is 9.89. The summed E-state index contributed by atoms with van der Waals surface area (Å²) in [6.45, 7) is 4.33. The minimum Gasteiger partial charge on any atom is -0.383 e. The van der Waals surface area contributed by atoms with Crippen LogP contribution in [0.5, 0.6) is 0 Å². The number of nitrogens with one attached hydrogen (secondary N) is 2. The van der Waals surface area contributed by atoms with E-state index >= 15 is 0 Å². The number of hydrogen-bond donors (Lipinski definition) is 2. The molecule has 5 nitrogen and oxygen atoms in total. The zero-order valence-corrected chi connectivity index (χ0v) is 17.9. The molecule has 0 spiro atoms. The summed E-state index contributed by atoms with van der Waals surface area (Å²) in [5, 5.41) is 6.61. The molecular formula is C19H32IN3O2. The summed E-state index contributed by atoms with van der Waals surface area (Å²) in [7, 11) is 3.49. The minimum absolute atomic E-state index is 0. The minimum atomic E-state index is 0. The zero-order chi connectivity index (χ0) is 17.2. The number of fused-ring (bicyclic) bond motifs is 1. The molecule has 0 saturated carbocycles. The van der Waals surface area contributed by atoms with Crippen molar-refractivity contribution in [3.8, 4) is 0 Å². The number of benzene rings is 1. The van der Waals surface area contributed by atoms with Crippen LogP contribution in [0.1, 0.15) is 43.4 Å². The molecule has 0 fully saturated rings. The summed E-state index contributed by atoms with van der Waals surface area (Å²) in [5.41, 5.74) is 2.83. The largest absolute Gasteiger partial charge is 0.383 e. The van der Waals surface area contributed by atoms with E-state index < -0.39 is 0 Å². The third-order valence-electron chi connectivity index (χ3n) is 4.27. The highest BCUT2D eigenvalue weighted by Gasteiger charge is 2.19. The average molecular weight is 461 g/mol. The van der Waals surface area contributed by atoms with Crippen molar-refractivity contribution in [1.29, 1.82) is 0 Å². The Labute approximate surface area is 169 Å². The zero-order valence-electron chi connectivity index (χ0n) is 15.6. The maximum atomic E-state index is 6.12. The van der Waals surface area contributed by atoms with Crippen molar-refractivity contribution in [2.45, 2.75) is 44.8 Å². The molecule has 2 atom stereocenters. The van der Waals surface area contributed by atoms with Crippen LogP contribution in [0.15, 0.2) is 29.3 Å². The van der Waals surface area contributed by atoms with Crippen LogP contribution in [0.4, 0.5) is 0 Å². The molecular weight excluding hydrogens is 429 g/mol. The average Bonchev–Trinajstić information content (AvgIpc) is 2.60. The van der Waals surface area contributed by atoms with Gasteiger partial charge in [-0.1, -0.05) is 24.3 Å². The van der Waals surface area contributed by atoms with E-state index in [0.717, 1.165) is 32.0 Å². The number of rotatable bonds is 8. The van der Waals surface area contributed by atoms with E-state index in [4.69, 9.17) is 9.47 Å². The van der Waals surface area contributed by atoms with Crippen molar-refractivity contribution in [3.05, 3.63) is 35.4 Å². The molecule has 0 aromatic heterocycles. The third kappa shape index (κ3) is 7.50. The fraction of sp³-hybridized carbons (Fsp3) is 0.632. The molecule has 0 saturated heterocycles. The highest BCUT2D eigenvalue weighted by molar-refractivity contribution is 14.0. The predicted molar refractivity (Wildman–Crippen MR) is 114 cm³/mol. The normalized spacial score (nSPS) is 18.0. The van der Waals surface area contributed by atoms with E-state index in [-0.39, 0.29) is 36.1 Å². The number of halogens is 1. The number of aryl methyl sites for hydroxylation is 1. The Bertz CT molecular complexity index is 525. The fourth-order valence-corrected chi connectivity index (χ4v) is 3.11. The molecule has 0 amide bonds. The Morgan fingerprint density at radius 3 is 2.92 bits per heavy atom. The van der Waals surface area contributed by atoms with Crippen molar-refractivity contribution in [1.82, 2.24) is 10.6 Å². The topological polar surface area (TPSA) is 54.9 Å². The Balaban J connectivity index is 0.00000312. The smallest absolute Gasteiger partial charge is 0.191 e. The maximum absolute atomic E-state index is 6.12. The second-order valence-electron chi connectivity index (χ2n) is 6.30. The monoisotopic (exact) mass is 461 g/mol. The molecule has 1 aliphatic rings. The molecule has 1 aromatic carbocycles. The summed E-state index contributed by atoms with van der Waals surface area (Å²) in [6.07, 6.45) is 4.74. The highest BCUT2D eigenvalue weighted by Crippen LogP contribution is 2.32. The number of guanidine groups is 1. The number of hydrogen-bond acceptors (Lipinski definition) is 3. The molecule has 0 aliphatic heterocycles. The van der Waals surface area contributed by atoms with Crippen LogP contribution in [-0.2, 0) is 15.9 Å². The van der Waals surface area contributed by atoms with Gasteiger partial charge in [0.1, 0.15) is 0 Å². The van der Waals surface area contributed by atoms with Gasteiger partial charge < -0.3 is 20.1 Å². The van der Waals surface area contributed by atoms with E-state index in [1.54, 1.807) is 14.2 Å². The highest BCUT2D eigenvalue weighted by atomic mass is 127. The van der Waals surface area contributed by atoms with Gasteiger partial charge >= 0.3 is 0 Å². The Kier molecular flexibility index (Phi) is 11.1. The van der Waals surface area contributed by atoms with Gasteiger partial charge in [0.2, 0.25) is 0 Å². The molecule has 2 N–H and O–H groups in total. The van der Waals surface area contributed by atoms with Crippen LogP contribution in [-0.4, -0.2) is 45.9 Å². The molecule has 2 unspecified atom stereocenters. The quantitative estimate of drug-likeness (QED) is 0.270. The molecule has 0 radical (unpaired) electrons. The summed E-state index contributed by atoms with van der Waals surface area (Å²) >= 11 is 0. The second kappa shape index (κ2) is 12.5. The van der Waals surface area contributed by atoms with Gasteiger partial charge in [-0.15, -0.1) is 24.0 Å². The van der Waals surface area contributed by atoms with Gasteiger partial charge in [-0.25, -0.2) is 0 Å². The second-order valence-corrected chi connectivity index (χ2v) is 6.30. The number of methoxy groups -OCH3 is 1. The van der Waals surface area contributed by atoms with Crippen LogP contribution in [0.25, 0.3) is 0 Å². The summed E-state index contributed by atoms with van der Waals surface area (Å²) in [6, 6.07) is 8.90. The Hall–Kier alpha value is -0.860. The first-order valence-corrected chi connectivity index (χ1v) is 8.90. The lowest BCUT2D eigenvalue weighted by Gasteiger charge is -2.25. The Morgan fingerprint density at radius 2 is 2.16 bits per heavy atom. The first-order valence-electron chi connectivity index (χ1n) is 8.90. The molecule has 1 aliphatic carbocycles. The molecule has 25 heavy (non-hydrogen) atoms. The summed E-state index contributed by atoms with van der Waals surface area (Å²) in [4.78, 5) is 4.23. The van der Waals surface area contributed by atoms with E-state index in [9.17, 15) is 0 Å². The standard InChI is InChI=1S/C19H31N3O2.HI/c1-15(14-23-3)22-19(20-2)21-12-7-13-24-18-11-6-9-16-8-4-5-10-17(16)18;/h4-5,8,10,15,18H,6-7,9,11-14H2,1-3H3,(H2,20,21,22);1H. The lowest BCUT2D eigenvalue weighted by Crippen LogP contribution is -2.44. The van der Waals surface area contributed by atoms with Crippen LogP contribution in [0.3, 0.4) is 0 Å². The van der Waals surface area contributed by atoms with Crippen molar-refractivity contribution >= 4 is 29.9 Å². The van der Waals surface area contributed by atoms with Crippen LogP contribution < -0.4 is 10.6 Å². The van der Waals surface area contributed by atoms with E-state index in [1.807, 2.05) is 0 Å². The lowest BCUT2D eigenvalue weighted by molar-refractivity contribution is 0.0398. The summed E-state index contributed by atoms with van der Waals surface area (Å²) in [5.74, 6) is 0.808. The van der Waals surface area contributed by atoms with Gasteiger partial charge in [-0.05, 0) is 43.7 Å². The molecule has 142 valence electrons. The molecule has 2 rings (SSSR count). The van der Waals surface area contributed by atoms with E-state index in [2.05, 4.69) is 46.8 Å². The van der Waals surface area contributed by atoms with Crippen LogP contribution in [0.2, 0.25) is 0 Å². The molecule has 0 bridgehead atoms. The van der Waals surface area contributed by atoms with Gasteiger partial charge in [0, 0.05) is 33.4 Å². The third-order valence-corrected chi connectivity index (χ3v) is 4.27. The van der Waals surface area contributed by atoms with E-state index in [0.29, 0.717) is 6.61 Å². The van der Waals surface area contributed by atoms with Crippen molar-refractivity contribution in [2.24, 2.45) is 4.99 Å². The van der Waals surface area contributed by atoms with Crippen molar-refractivity contribution in [3.63, 3.8) is 0 Å². The van der Waals surface area contributed by atoms with Crippen molar-refractivity contribution < 1.29 is 9.47 Å². The fourth-order valence-electron chi connectivity index (χ4n) is 3.11. The van der Waals surface area contributed by atoms with Gasteiger partial charge in [0.25, 0.3) is 0 Å². The molecule has 6 heteroatoms. The van der Waals surface area contributed by atoms with Gasteiger partial charge in [-0.2, -0.15) is 0 Å². The van der Waals surface area contributed by atoms with Gasteiger partial charge in [0.05, 0.1) is 12.7 Å². The Morgan fingerprint density at radius 1 is 1.36 bits per heavy atom.